The molecule has 41 heavy (non-hydrogen) atoms. The molecule has 0 saturated heterocycles. The SMILES string of the molecule is c1ccc(P(c2ccccc2)c2cccc3c2-c2c(cccc2P(c2ccccc2)c2ccccc2)NCN3)cc1. The Morgan fingerprint density at radius 1 is 0.341 bits per heavy atom. The smallest absolute Gasteiger partial charge is 0.0849 e. The number of hydrogen-bond donors (Lipinski definition) is 2. The van der Waals surface area contributed by atoms with E-state index in [-0.39, 0.29) is 0 Å². The van der Waals surface area contributed by atoms with Crippen molar-refractivity contribution in [3.8, 4) is 11.1 Å². The monoisotopic (exact) mass is 564 g/mol. The molecule has 7 rings (SSSR count). The molecule has 0 radical (unpaired) electrons. The lowest BCUT2D eigenvalue weighted by atomic mass is 10.0. The Bertz CT molecular complexity index is 1550. The van der Waals surface area contributed by atoms with Crippen LogP contribution in [0.5, 0.6) is 0 Å². The fourth-order valence-electron chi connectivity index (χ4n) is 5.67. The molecule has 6 aromatic rings. The highest BCUT2D eigenvalue weighted by atomic mass is 31.1. The first-order valence-electron chi connectivity index (χ1n) is 13.9. The molecule has 0 amide bonds. The van der Waals surface area contributed by atoms with Crippen LogP contribution in [0.15, 0.2) is 158 Å². The minimum absolute atomic E-state index is 0.677. The standard InChI is InChI=1S/C37H30N2P2/c1-5-15-28(16-6-1)40(29-17-7-2-8-18-29)34-25-13-23-32-36(34)37-33(39-27-38-32)24-14-26-35(37)41(30-19-9-3-10-20-30)31-21-11-4-12-22-31/h1-26,38-39H,27H2. The molecular formula is C37H30N2P2. The van der Waals surface area contributed by atoms with Gasteiger partial charge in [0, 0.05) is 22.5 Å². The fraction of sp³-hybridized carbons (Fsp3) is 0.0270. The Hall–Kier alpha value is -4.22. The summed E-state index contributed by atoms with van der Waals surface area (Å²) in [4.78, 5) is 0. The lowest BCUT2D eigenvalue weighted by Crippen LogP contribution is -2.26. The average Bonchev–Trinajstić information content (AvgIpc) is 3.24. The van der Waals surface area contributed by atoms with Gasteiger partial charge in [0.25, 0.3) is 0 Å². The van der Waals surface area contributed by atoms with Gasteiger partial charge < -0.3 is 10.6 Å². The predicted octanol–water partition coefficient (Wildman–Crippen LogP) is 6.66. The molecule has 4 heteroatoms. The molecule has 0 atom stereocenters. The lowest BCUT2D eigenvalue weighted by Gasteiger charge is -2.28. The topological polar surface area (TPSA) is 24.1 Å². The Morgan fingerprint density at radius 3 is 0.976 bits per heavy atom. The second-order valence-electron chi connectivity index (χ2n) is 9.94. The molecule has 6 aromatic carbocycles. The van der Waals surface area contributed by atoms with Crippen molar-refractivity contribution in [3.63, 3.8) is 0 Å². The van der Waals surface area contributed by atoms with E-state index >= 15 is 0 Å². The van der Waals surface area contributed by atoms with Crippen LogP contribution in [-0.4, -0.2) is 6.67 Å². The molecule has 198 valence electrons. The summed E-state index contributed by atoms with van der Waals surface area (Å²) in [5.41, 5.74) is 4.97. The second-order valence-corrected chi connectivity index (χ2v) is 14.3. The first-order chi connectivity index (χ1) is 20.4. The average molecular weight is 565 g/mol. The van der Waals surface area contributed by atoms with E-state index in [4.69, 9.17) is 0 Å². The maximum absolute atomic E-state index is 3.72. The molecule has 0 spiro atoms. The van der Waals surface area contributed by atoms with Crippen molar-refractivity contribution in [1.82, 2.24) is 0 Å². The van der Waals surface area contributed by atoms with Gasteiger partial charge in [0.1, 0.15) is 0 Å². The Kier molecular flexibility index (Phi) is 7.35. The van der Waals surface area contributed by atoms with Crippen molar-refractivity contribution < 1.29 is 0 Å². The quantitative estimate of drug-likeness (QED) is 0.221. The first kappa shape index (κ1) is 25.7. The third-order valence-electron chi connectivity index (χ3n) is 7.43. The number of rotatable bonds is 6. The van der Waals surface area contributed by atoms with E-state index < -0.39 is 15.8 Å². The Balaban J connectivity index is 1.53. The van der Waals surface area contributed by atoms with Crippen LogP contribution in [0.1, 0.15) is 0 Å². The van der Waals surface area contributed by atoms with Crippen molar-refractivity contribution in [2.75, 3.05) is 17.3 Å². The van der Waals surface area contributed by atoms with Gasteiger partial charge in [-0.1, -0.05) is 146 Å². The number of anilines is 2. The van der Waals surface area contributed by atoms with Gasteiger partial charge in [0.15, 0.2) is 0 Å². The molecule has 0 bridgehead atoms. The summed E-state index contributed by atoms with van der Waals surface area (Å²) < 4.78 is 0. The summed E-state index contributed by atoms with van der Waals surface area (Å²) in [6.07, 6.45) is 0. The predicted molar refractivity (Wildman–Crippen MR) is 181 cm³/mol. The van der Waals surface area contributed by atoms with Crippen LogP contribution < -0.4 is 42.5 Å². The summed E-state index contributed by atoms with van der Waals surface area (Å²) in [7, 11) is -1.60. The highest BCUT2D eigenvalue weighted by Gasteiger charge is 2.29. The van der Waals surface area contributed by atoms with Crippen LogP contribution in [0.25, 0.3) is 11.1 Å². The molecule has 1 aliphatic rings. The van der Waals surface area contributed by atoms with Crippen LogP contribution in [0.4, 0.5) is 11.4 Å². The summed E-state index contributed by atoms with van der Waals surface area (Å²) in [5, 5.41) is 15.6. The van der Waals surface area contributed by atoms with Crippen LogP contribution in [0.3, 0.4) is 0 Å². The van der Waals surface area contributed by atoms with Crippen molar-refractivity contribution in [1.29, 1.82) is 0 Å². The van der Waals surface area contributed by atoms with Crippen LogP contribution in [0.2, 0.25) is 0 Å². The third kappa shape index (κ3) is 5.07. The minimum atomic E-state index is -0.798. The van der Waals surface area contributed by atoms with Crippen molar-refractivity contribution in [2.24, 2.45) is 0 Å². The van der Waals surface area contributed by atoms with E-state index in [0.29, 0.717) is 6.67 Å². The second kappa shape index (κ2) is 11.7. The third-order valence-corrected chi connectivity index (χ3v) is 12.4. The van der Waals surface area contributed by atoms with E-state index in [2.05, 4.69) is 168 Å². The molecular weight excluding hydrogens is 534 g/mol. The van der Waals surface area contributed by atoms with Crippen LogP contribution in [-0.2, 0) is 0 Å². The van der Waals surface area contributed by atoms with E-state index in [1.165, 1.54) is 54.3 Å². The van der Waals surface area contributed by atoms with E-state index in [0.717, 1.165) is 0 Å². The van der Waals surface area contributed by atoms with Gasteiger partial charge in [-0.2, -0.15) is 0 Å². The van der Waals surface area contributed by atoms with Crippen LogP contribution >= 0.6 is 15.8 Å². The molecule has 0 saturated carbocycles. The summed E-state index contributed by atoms with van der Waals surface area (Å²) >= 11 is 0. The number of nitrogens with one attached hydrogen (secondary N) is 2. The molecule has 1 aliphatic heterocycles. The van der Waals surface area contributed by atoms with E-state index in [1.807, 2.05) is 0 Å². The van der Waals surface area contributed by atoms with E-state index in [1.54, 1.807) is 0 Å². The molecule has 0 aromatic heterocycles. The van der Waals surface area contributed by atoms with Gasteiger partial charge in [-0.3, -0.25) is 0 Å². The van der Waals surface area contributed by atoms with Crippen molar-refractivity contribution >= 4 is 59.0 Å². The van der Waals surface area contributed by atoms with Crippen LogP contribution in [0, 0.1) is 0 Å². The maximum atomic E-state index is 3.72. The van der Waals surface area contributed by atoms with Gasteiger partial charge in [-0.25, -0.2) is 0 Å². The van der Waals surface area contributed by atoms with Gasteiger partial charge in [-0.15, -0.1) is 0 Å². The van der Waals surface area contributed by atoms with E-state index in [9.17, 15) is 0 Å². The zero-order valence-electron chi connectivity index (χ0n) is 22.6. The summed E-state index contributed by atoms with van der Waals surface area (Å²) in [5.74, 6) is 0. The van der Waals surface area contributed by atoms with Gasteiger partial charge in [-0.05, 0) is 59.8 Å². The lowest BCUT2D eigenvalue weighted by molar-refractivity contribution is 1.24. The highest BCUT2D eigenvalue weighted by Crippen LogP contribution is 2.46. The molecule has 2 N–H and O–H groups in total. The molecule has 0 unspecified atom stereocenters. The number of hydrogen-bond acceptors (Lipinski definition) is 2. The zero-order valence-corrected chi connectivity index (χ0v) is 24.4. The molecule has 0 aliphatic carbocycles. The largest absolute Gasteiger partial charge is 0.367 e. The van der Waals surface area contributed by atoms with Crippen molar-refractivity contribution in [2.45, 2.75) is 0 Å². The normalized spacial score (nSPS) is 12.1. The van der Waals surface area contributed by atoms with Gasteiger partial charge >= 0.3 is 0 Å². The maximum Gasteiger partial charge on any atom is 0.0849 e. The van der Waals surface area contributed by atoms with Crippen molar-refractivity contribution in [3.05, 3.63) is 158 Å². The molecule has 0 fully saturated rings. The minimum Gasteiger partial charge on any atom is -0.367 e. The molecule has 2 nitrogen and oxygen atoms in total. The highest BCUT2D eigenvalue weighted by molar-refractivity contribution is 7.80. The molecule has 1 heterocycles. The number of benzene rings is 6. The summed E-state index contributed by atoms with van der Waals surface area (Å²) in [6.45, 7) is 0.677. The summed E-state index contributed by atoms with van der Waals surface area (Å²) in [6, 6.07) is 57.7. The number of fused-ring (bicyclic) bond motifs is 3. The fourth-order valence-corrected chi connectivity index (χ4v) is 10.6. The van der Waals surface area contributed by atoms with Gasteiger partial charge in [0.2, 0.25) is 0 Å². The Morgan fingerprint density at radius 2 is 0.659 bits per heavy atom. The van der Waals surface area contributed by atoms with Gasteiger partial charge in [0.05, 0.1) is 6.67 Å². The zero-order chi connectivity index (χ0) is 27.4. The Labute approximate surface area is 244 Å². The first-order valence-corrected chi connectivity index (χ1v) is 16.6.